The van der Waals surface area contributed by atoms with Gasteiger partial charge in [-0.3, -0.25) is 0 Å². The normalized spacial score (nSPS) is 18.0. The Morgan fingerprint density at radius 3 is 2.35 bits per heavy atom. The lowest BCUT2D eigenvalue weighted by atomic mass is 9.74. The minimum atomic E-state index is 0.0748. The Labute approximate surface area is 122 Å². The Hall–Kier alpha value is -1.22. The van der Waals surface area contributed by atoms with Gasteiger partial charge in [0.05, 0.1) is 12.7 Å². The predicted octanol–water partition coefficient (Wildman–Crippen LogP) is 3.83. The van der Waals surface area contributed by atoms with Crippen molar-refractivity contribution in [2.75, 3.05) is 18.5 Å². The molecule has 1 aliphatic carbocycles. The number of rotatable bonds is 6. The summed E-state index contributed by atoms with van der Waals surface area (Å²) in [5, 5.41) is 13.2. The number of ether oxygens (including phenoxy) is 1. The van der Waals surface area contributed by atoms with Crippen LogP contribution in [0.1, 0.15) is 46.0 Å². The zero-order valence-corrected chi connectivity index (χ0v) is 12.7. The van der Waals surface area contributed by atoms with Gasteiger partial charge >= 0.3 is 0 Å². The molecule has 1 aromatic carbocycles. The van der Waals surface area contributed by atoms with Gasteiger partial charge < -0.3 is 15.2 Å². The van der Waals surface area contributed by atoms with E-state index < -0.39 is 0 Å². The second kappa shape index (κ2) is 6.98. The molecule has 112 valence electrons. The Morgan fingerprint density at radius 2 is 1.80 bits per heavy atom. The summed E-state index contributed by atoms with van der Waals surface area (Å²) in [5.41, 5.74) is 1.17. The first-order valence-electron chi connectivity index (χ1n) is 7.75. The largest absolute Gasteiger partial charge is 0.491 e. The molecule has 2 N–H and O–H groups in total. The van der Waals surface area contributed by atoms with Crippen molar-refractivity contribution in [3.05, 3.63) is 24.3 Å². The van der Waals surface area contributed by atoms with Gasteiger partial charge in [-0.05, 0) is 51.0 Å². The molecule has 0 atom stereocenters. The van der Waals surface area contributed by atoms with E-state index >= 15 is 0 Å². The van der Waals surface area contributed by atoms with Gasteiger partial charge in [0.1, 0.15) is 5.75 Å². The van der Waals surface area contributed by atoms with Crippen molar-refractivity contribution in [2.24, 2.45) is 5.41 Å². The molecule has 0 aromatic heterocycles. The first-order valence-corrected chi connectivity index (χ1v) is 7.75. The van der Waals surface area contributed by atoms with Gasteiger partial charge in [0, 0.05) is 17.6 Å². The molecule has 0 spiro atoms. The second-order valence-electron chi connectivity index (χ2n) is 6.26. The van der Waals surface area contributed by atoms with Crippen molar-refractivity contribution in [1.29, 1.82) is 0 Å². The zero-order chi connectivity index (χ0) is 14.4. The summed E-state index contributed by atoms with van der Waals surface area (Å²) in [6, 6.07) is 8.08. The fraction of sp³-hybridized carbons (Fsp3) is 0.647. The van der Waals surface area contributed by atoms with Crippen LogP contribution in [0, 0.1) is 5.41 Å². The van der Waals surface area contributed by atoms with Crippen LogP contribution >= 0.6 is 0 Å². The van der Waals surface area contributed by atoms with E-state index in [1.165, 1.54) is 19.3 Å². The maximum absolute atomic E-state index is 9.70. The SMILES string of the molecule is CC(C)Oc1ccc(NCC2(CO)CCCCC2)cc1. The Balaban J connectivity index is 1.89. The van der Waals surface area contributed by atoms with Crippen LogP contribution in [-0.2, 0) is 0 Å². The predicted molar refractivity (Wildman–Crippen MR) is 83.3 cm³/mol. The van der Waals surface area contributed by atoms with E-state index in [0.717, 1.165) is 30.8 Å². The number of aliphatic hydroxyl groups is 1. The maximum Gasteiger partial charge on any atom is 0.119 e. The summed E-state index contributed by atoms with van der Waals surface area (Å²) >= 11 is 0. The average Bonchev–Trinajstić information content (AvgIpc) is 2.47. The van der Waals surface area contributed by atoms with Gasteiger partial charge in [-0.1, -0.05) is 19.3 Å². The van der Waals surface area contributed by atoms with Gasteiger partial charge in [0.15, 0.2) is 0 Å². The first-order chi connectivity index (χ1) is 9.63. The smallest absolute Gasteiger partial charge is 0.119 e. The molecule has 1 saturated carbocycles. The van der Waals surface area contributed by atoms with Crippen LogP contribution in [0.15, 0.2) is 24.3 Å². The van der Waals surface area contributed by atoms with Gasteiger partial charge in [-0.2, -0.15) is 0 Å². The van der Waals surface area contributed by atoms with E-state index in [9.17, 15) is 5.11 Å². The number of anilines is 1. The molecule has 0 heterocycles. The summed E-state index contributed by atoms with van der Waals surface area (Å²) in [6.07, 6.45) is 6.25. The van der Waals surface area contributed by atoms with E-state index in [4.69, 9.17) is 4.74 Å². The van der Waals surface area contributed by atoms with E-state index in [0.29, 0.717) is 0 Å². The highest BCUT2D eigenvalue weighted by molar-refractivity contribution is 5.46. The Bertz CT molecular complexity index is 394. The molecule has 2 rings (SSSR count). The highest BCUT2D eigenvalue weighted by Gasteiger charge is 2.30. The number of benzene rings is 1. The summed E-state index contributed by atoms with van der Waals surface area (Å²) in [6.45, 7) is 5.20. The third-order valence-corrected chi connectivity index (χ3v) is 4.14. The average molecular weight is 277 g/mol. The molecule has 1 aliphatic rings. The molecule has 0 radical (unpaired) electrons. The molecular weight excluding hydrogens is 250 g/mol. The van der Waals surface area contributed by atoms with Crippen LogP contribution in [-0.4, -0.2) is 24.4 Å². The number of nitrogens with one attached hydrogen (secondary N) is 1. The summed E-state index contributed by atoms with van der Waals surface area (Å²) < 4.78 is 5.64. The van der Waals surface area contributed by atoms with Crippen molar-refractivity contribution in [1.82, 2.24) is 0 Å². The Kier molecular flexibility index (Phi) is 5.30. The van der Waals surface area contributed by atoms with Crippen LogP contribution in [0.2, 0.25) is 0 Å². The summed E-state index contributed by atoms with van der Waals surface area (Å²) in [7, 11) is 0. The van der Waals surface area contributed by atoms with Gasteiger partial charge in [0.2, 0.25) is 0 Å². The minimum absolute atomic E-state index is 0.0748. The highest BCUT2D eigenvalue weighted by Crippen LogP contribution is 2.36. The van der Waals surface area contributed by atoms with Crippen LogP contribution < -0.4 is 10.1 Å². The molecule has 0 aliphatic heterocycles. The van der Waals surface area contributed by atoms with Crippen molar-refractivity contribution in [3.63, 3.8) is 0 Å². The van der Waals surface area contributed by atoms with E-state index in [-0.39, 0.29) is 18.1 Å². The van der Waals surface area contributed by atoms with Gasteiger partial charge in [-0.25, -0.2) is 0 Å². The highest BCUT2D eigenvalue weighted by atomic mass is 16.5. The fourth-order valence-electron chi connectivity index (χ4n) is 2.91. The fourth-order valence-corrected chi connectivity index (χ4v) is 2.91. The molecule has 3 heteroatoms. The molecule has 0 unspecified atom stereocenters. The standard InChI is InChI=1S/C17H27NO2/c1-14(2)20-16-8-6-15(7-9-16)18-12-17(13-19)10-4-3-5-11-17/h6-9,14,18-19H,3-5,10-13H2,1-2H3. The third kappa shape index (κ3) is 4.14. The van der Waals surface area contributed by atoms with Crippen LogP contribution in [0.3, 0.4) is 0 Å². The topological polar surface area (TPSA) is 41.5 Å². The van der Waals surface area contributed by atoms with Gasteiger partial charge in [0.25, 0.3) is 0 Å². The van der Waals surface area contributed by atoms with Crippen molar-refractivity contribution in [2.45, 2.75) is 52.1 Å². The summed E-state index contributed by atoms with van der Waals surface area (Å²) in [4.78, 5) is 0. The Morgan fingerprint density at radius 1 is 1.15 bits per heavy atom. The third-order valence-electron chi connectivity index (χ3n) is 4.14. The molecule has 0 saturated heterocycles. The molecule has 1 fully saturated rings. The van der Waals surface area contributed by atoms with Crippen LogP contribution in [0.4, 0.5) is 5.69 Å². The molecule has 0 bridgehead atoms. The number of hydrogen-bond acceptors (Lipinski definition) is 3. The lowest BCUT2D eigenvalue weighted by Crippen LogP contribution is -2.35. The number of hydrogen-bond donors (Lipinski definition) is 2. The maximum atomic E-state index is 9.70. The monoisotopic (exact) mass is 277 g/mol. The quantitative estimate of drug-likeness (QED) is 0.830. The van der Waals surface area contributed by atoms with E-state index in [1.54, 1.807) is 0 Å². The van der Waals surface area contributed by atoms with Crippen LogP contribution in [0.5, 0.6) is 5.75 Å². The van der Waals surface area contributed by atoms with Crippen molar-refractivity contribution in [3.8, 4) is 5.75 Å². The van der Waals surface area contributed by atoms with Gasteiger partial charge in [-0.15, -0.1) is 0 Å². The molecule has 1 aromatic rings. The minimum Gasteiger partial charge on any atom is -0.491 e. The zero-order valence-electron chi connectivity index (χ0n) is 12.7. The first kappa shape index (κ1) is 15.2. The van der Waals surface area contributed by atoms with Crippen molar-refractivity contribution < 1.29 is 9.84 Å². The van der Waals surface area contributed by atoms with Crippen molar-refractivity contribution >= 4 is 5.69 Å². The van der Waals surface area contributed by atoms with Crippen LogP contribution in [0.25, 0.3) is 0 Å². The lowest BCUT2D eigenvalue weighted by Gasteiger charge is -2.36. The molecule has 0 amide bonds. The lowest BCUT2D eigenvalue weighted by molar-refractivity contribution is 0.0944. The number of aliphatic hydroxyl groups excluding tert-OH is 1. The molecule has 20 heavy (non-hydrogen) atoms. The second-order valence-corrected chi connectivity index (χ2v) is 6.26. The van der Waals surface area contributed by atoms with E-state index in [2.05, 4.69) is 5.32 Å². The molecule has 3 nitrogen and oxygen atoms in total. The van der Waals surface area contributed by atoms with E-state index in [1.807, 2.05) is 38.1 Å². The summed E-state index contributed by atoms with van der Waals surface area (Å²) in [5.74, 6) is 0.903. The molecular formula is C17H27NO2.